The van der Waals surface area contributed by atoms with Crippen molar-refractivity contribution in [1.29, 1.82) is 0 Å². The molecule has 2 saturated heterocycles. The van der Waals surface area contributed by atoms with Gasteiger partial charge in [-0.2, -0.15) is 0 Å². The van der Waals surface area contributed by atoms with E-state index in [0.717, 1.165) is 19.0 Å². The number of hydrogen-bond donors (Lipinski definition) is 1. The average Bonchev–Trinajstić information content (AvgIpc) is 2.09. The van der Waals surface area contributed by atoms with Crippen LogP contribution in [-0.4, -0.2) is 49.8 Å². The Morgan fingerprint density at radius 3 is 2.73 bits per heavy atom. The number of rotatable bonds is 3. The highest BCUT2D eigenvalue weighted by Crippen LogP contribution is 2.26. The molecule has 0 saturated carbocycles. The van der Waals surface area contributed by atoms with Crippen molar-refractivity contribution in [3.63, 3.8) is 0 Å². The van der Waals surface area contributed by atoms with Crippen molar-refractivity contribution >= 4 is 0 Å². The van der Waals surface area contributed by atoms with E-state index in [2.05, 4.69) is 24.1 Å². The Kier molecular flexibility index (Phi) is 3.33. The first-order valence-corrected chi connectivity index (χ1v) is 6.09. The summed E-state index contributed by atoms with van der Waals surface area (Å²) in [7, 11) is 1.82. The highest BCUT2D eigenvalue weighted by Gasteiger charge is 2.32. The molecule has 2 rings (SSSR count). The van der Waals surface area contributed by atoms with Gasteiger partial charge in [0.05, 0.1) is 6.10 Å². The highest BCUT2D eigenvalue weighted by atomic mass is 16.5. The molecule has 1 atom stereocenters. The highest BCUT2D eigenvalue weighted by molar-refractivity contribution is 4.89. The maximum absolute atomic E-state index is 5.29. The molecule has 0 aromatic carbocycles. The lowest BCUT2D eigenvalue weighted by atomic mass is 9.84. The van der Waals surface area contributed by atoms with Crippen LogP contribution in [0.5, 0.6) is 0 Å². The van der Waals surface area contributed by atoms with Gasteiger partial charge in [0.15, 0.2) is 0 Å². The van der Waals surface area contributed by atoms with E-state index in [0.29, 0.717) is 11.6 Å². The first-order valence-electron chi connectivity index (χ1n) is 6.09. The molecule has 3 nitrogen and oxygen atoms in total. The Morgan fingerprint density at radius 1 is 1.40 bits per heavy atom. The van der Waals surface area contributed by atoms with Crippen LogP contribution in [-0.2, 0) is 4.74 Å². The summed E-state index contributed by atoms with van der Waals surface area (Å²) in [6.07, 6.45) is 3.14. The van der Waals surface area contributed by atoms with Crippen molar-refractivity contribution in [2.45, 2.75) is 38.3 Å². The van der Waals surface area contributed by atoms with Crippen LogP contribution in [0, 0.1) is 5.92 Å². The minimum Gasteiger partial charge on any atom is -0.379 e. The summed E-state index contributed by atoms with van der Waals surface area (Å²) in [5.74, 6) is 0.874. The zero-order valence-corrected chi connectivity index (χ0v) is 10.3. The molecule has 0 spiro atoms. The summed E-state index contributed by atoms with van der Waals surface area (Å²) >= 11 is 0. The van der Waals surface area contributed by atoms with Crippen molar-refractivity contribution in [1.82, 2.24) is 10.2 Å². The number of ether oxygens (including phenoxy) is 1. The minimum absolute atomic E-state index is 0.342. The van der Waals surface area contributed by atoms with Crippen LogP contribution in [0.4, 0.5) is 0 Å². The average molecular weight is 212 g/mol. The molecular formula is C12H24N2O. The summed E-state index contributed by atoms with van der Waals surface area (Å²) < 4.78 is 5.29. The van der Waals surface area contributed by atoms with Crippen molar-refractivity contribution in [3.05, 3.63) is 0 Å². The molecule has 0 amide bonds. The largest absolute Gasteiger partial charge is 0.379 e. The molecular weight excluding hydrogens is 188 g/mol. The molecule has 15 heavy (non-hydrogen) atoms. The molecule has 0 aromatic rings. The van der Waals surface area contributed by atoms with Gasteiger partial charge in [-0.1, -0.05) is 0 Å². The normalized spacial score (nSPS) is 32.6. The quantitative estimate of drug-likeness (QED) is 0.758. The first kappa shape index (κ1) is 11.4. The van der Waals surface area contributed by atoms with E-state index < -0.39 is 0 Å². The maximum Gasteiger partial charge on any atom is 0.0824 e. The molecule has 0 aromatic heterocycles. The van der Waals surface area contributed by atoms with Gasteiger partial charge in [0.2, 0.25) is 0 Å². The van der Waals surface area contributed by atoms with Crippen LogP contribution in [0.2, 0.25) is 0 Å². The van der Waals surface area contributed by atoms with Crippen LogP contribution in [0.25, 0.3) is 0 Å². The third-order valence-corrected chi connectivity index (χ3v) is 3.73. The lowest BCUT2D eigenvalue weighted by Gasteiger charge is -2.43. The van der Waals surface area contributed by atoms with Gasteiger partial charge in [0.1, 0.15) is 0 Å². The predicted octanol–water partition coefficient (Wildman–Crippen LogP) is 1.10. The van der Waals surface area contributed by atoms with Crippen molar-refractivity contribution < 1.29 is 4.74 Å². The van der Waals surface area contributed by atoms with Gasteiger partial charge in [-0.15, -0.1) is 0 Å². The van der Waals surface area contributed by atoms with Gasteiger partial charge in [0.25, 0.3) is 0 Å². The summed E-state index contributed by atoms with van der Waals surface area (Å²) in [5.41, 5.74) is 0.342. The number of nitrogens with zero attached hydrogens (tertiary/aromatic N) is 1. The Morgan fingerprint density at radius 2 is 2.13 bits per heavy atom. The molecule has 2 aliphatic rings. The van der Waals surface area contributed by atoms with Gasteiger partial charge >= 0.3 is 0 Å². The zero-order chi connectivity index (χ0) is 10.9. The van der Waals surface area contributed by atoms with E-state index in [1.54, 1.807) is 0 Å². The summed E-state index contributed by atoms with van der Waals surface area (Å²) in [5, 5.41) is 3.57. The van der Waals surface area contributed by atoms with E-state index in [4.69, 9.17) is 4.74 Å². The Balaban J connectivity index is 1.71. The number of likely N-dealkylation sites (tertiary alicyclic amines) is 1. The SMILES string of the molecule is COC1CN(CC2CCNC(C)(C)C2)C1. The van der Waals surface area contributed by atoms with Gasteiger partial charge in [0, 0.05) is 32.3 Å². The number of methoxy groups -OCH3 is 1. The monoisotopic (exact) mass is 212 g/mol. The molecule has 2 aliphatic heterocycles. The lowest BCUT2D eigenvalue weighted by Crippen LogP contribution is -2.55. The van der Waals surface area contributed by atoms with Gasteiger partial charge in [-0.3, -0.25) is 4.90 Å². The van der Waals surface area contributed by atoms with E-state index in [9.17, 15) is 0 Å². The summed E-state index contributed by atoms with van der Waals surface area (Å²) in [6, 6.07) is 0. The van der Waals surface area contributed by atoms with E-state index in [1.807, 2.05) is 7.11 Å². The molecule has 88 valence electrons. The van der Waals surface area contributed by atoms with E-state index in [-0.39, 0.29) is 0 Å². The Hall–Kier alpha value is -0.120. The van der Waals surface area contributed by atoms with E-state index in [1.165, 1.54) is 25.9 Å². The second-order valence-electron chi connectivity index (χ2n) is 5.75. The van der Waals surface area contributed by atoms with Crippen LogP contribution in [0.3, 0.4) is 0 Å². The summed E-state index contributed by atoms with van der Waals surface area (Å²) in [6.45, 7) is 9.35. The third kappa shape index (κ3) is 2.92. The molecule has 0 radical (unpaired) electrons. The topological polar surface area (TPSA) is 24.5 Å². The molecule has 2 heterocycles. The molecule has 3 heteroatoms. The lowest BCUT2D eigenvalue weighted by molar-refractivity contribution is -0.0394. The number of piperidine rings is 1. The van der Waals surface area contributed by atoms with E-state index >= 15 is 0 Å². The number of hydrogen-bond acceptors (Lipinski definition) is 3. The Bertz CT molecular complexity index is 212. The van der Waals surface area contributed by atoms with Crippen LogP contribution in [0.1, 0.15) is 26.7 Å². The first-order chi connectivity index (χ1) is 7.09. The van der Waals surface area contributed by atoms with Gasteiger partial charge in [-0.05, 0) is 39.2 Å². The predicted molar refractivity (Wildman–Crippen MR) is 62.0 cm³/mol. The standard InChI is InChI=1S/C12H24N2O/c1-12(2)6-10(4-5-13-12)7-14-8-11(9-14)15-3/h10-11,13H,4-9H2,1-3H3. The molecule has 1 N–H and O–H groups in total. The minimum atomic E-state index is 0.342. The van der Waals surface area contributed by atoms with Crippen LogP contribution in [0.15, 0.2) is 0 Å². The smallest absolute Gasteiger partial charge is 0.0824 e. The van der Waals surface area contributed by atoms with Gasteiger partial charge in [-0.25, -0.2) is 0 Å². The van der Waals surface area contributed by atoms with Crippen molar-refractivity contribution in [2.75, 3.05) is 33.3 Å². The zero-order valence-electron chi connectivity index (χ0n) is 10.3. The molecule has 0 bridgehead atoms. The van der Waals surface area contributed by atoms with Crippen molar-refractivity contribution in [2.24, 2.45) is 5.92 Å². The fourth-order valence-electron chi connectivity index (χ4n) is 2.85. The molecule has 2 fully saturated rings. The fourth-order valence-corrected chi connectivity index (χ4v) is 2.85. The van der Waals surface area contributed by atoms with Crippen LogP contribution < -0.4 is 5.32 Å². The second-order valence-corrected chi connectivity index (χ2v) is 5.75. The number of nitrogens with one attached hydrogen (secondary N) is 1. The fraction of sp³-hybridized carbons (Fsp3) is 1.00. The summed E-state index contributed by atoms with van der Waals surface area (Å²) in [4.78, 5) is 2.53. The third-order valence-electron chi connectivity index (χ3n) is 3.73. The molecule has 1 unspecified atom stereocenters. The van der Waals surface area contributed by atoms with Crippen molar-refractivity contribution in [3.8, 4) is 0 Å². The van der Waals surface area contributed by atoms with Gasteiger partial charge < -0.3 is 10.1 Å². The maximum atomic E-state index is 5.29. The second kappa shape index (κ2) is 4.40. The molecule has 0 aliphatic carbocycles. The van der Waals surface area contributed by atoms with Crippen LogP contribution >= 0.6 is 0 Å². The Labute approximate surface area is 93.2 Å².